The first-order valence-corrected chi connectivity index (χ1v) is 6.97. The average molecular weight is 284 g/mol. The van der Waals surface area contributed by atoms with Gasteiger partial charge in [0.25, 0.3) is 5.91 Å². The molecule has 0 saturated carbocycles. The van der Waals surface area contributed by atoms with Gasteiger partial charge in [0.15, 0.2) is 0 Å². The second-order valence-corrected chi connectivity index (χ2v) is 5.11. The Morgan fingerprint density at radius 3 is 2.76 bits per heavy atom. The number of rotatable bonds is 5. The number of anilines is 2. The molecule has 2 aromatic carbocycles. The van der Waals surface area contributed by atoms with Crippen molar-refractivity contribution < 1.29 is 9.90 Å². The van der Waals surface area contributed by atoms with Gasteiger partial charge in [-0.1, -0.05) is 12.1 Å². The first-order valence-electron chi connectivity index (χ1n) is 6.97. The Morgan fingerprint density at radius 2 is 2.05 bits per heavy atom. The van der Waals surface area contributed by atoms with Crippen LogP contribution in [0.1, 0.15) is 27.9 Å². The van der Waals surface area contributed by atoms with E-state index in [9.17, 15) is 4.79 Å². The van der Waals surface area contributed by atoms with Crippen LogP contribution in [0.3, 0.4) is 0 Å². The Hall–Kier alpha value is -2.33. The van der Waals surface area contributed by atoms with Crippen LogP contribution in [0.15, 0.2) is 42.5 Å². The lowest BCUT2D eigenvalue weighted by molar-refractivity contribution is 0.102. The van der Waals surface area contributed by atoms with Gasteiger partial charge in [-0.2, -0.15) is 0 Å². The van der Waals surface area contributed by atoms with Gasteiger partial charge in [0.2, 0.25) is 0 Å². The fourth-order valence-electron chi connectivity index (χ4n) is 2.23. The molecule has 4 nitrogen and oxygen atoms in total. The van der Waals surface area contributed by atoms with E-state index >= 15 is 0 Å². The number of carbonyl (C=O) groups excluding carboxylic acids is 1. The fraction of sp³-hybridized carbons (Fsp3) is 0.235. The quantitative estimate of drug-likeness (QED) is 0.739. The zero-order chi connectivity index (χ0) is 15.2. The lowest BCUT2D eigenvalue weighted by Crippen LogP contribution is -2.12. The molecule has 0 bridgehead atoms. The summed E-state index contributed by atoms with van der Waals surface area (Å²) in [5.74, 6) is -0.176. The molecule has 2 aromatic rings. The monoisotopic (exact) mass is 284 g/mol. The largest absolute Gasteiger partial charge is 0.399 e. The van der Waals surface area contributed by atoms with Gasteiger partial charge in [0.05, 0.1) is 0 Å². The van der Waals surface area contributed by atoms with E-state index in [0.29, 0.717) is 17.7 Å². The number of aryl methyl sites for hydroxylation is 2. The summed E-state index contributed by atoms with van der Waals surface area (Å²) in [5.41, 5.74) is 9.69. The van der Waals surface area contributed by atoms with Gasteiger partial charge in [-0.3, -0.25) is 4.79 Å². The summed E-state index contributed by atoms with van der Waals surface area (Å²) in [7, 11) is 0. The van der Waals surface area contributed by atoms with Crippen LogP contribution in [0.5, 0.6) is 0 Å². The number of hydrogen-bond acceptors (Lipinski definition) is 3. The molecule has 4 N–H and O–H groups in total. The predicted molar refractivity (Wildman–Crippen MR) is 85.4 cm³/mol. The van der Waals surface area contributed by atoms with Crippen molar-refractivity contribution >= 4 is 17.3 Å². The number of nitrogen functional groups attached to an aromatic ring is 1. The Bertz CT molecular complexity index is 618. The zero-order valence-corrected chi connectivity index (χ0v) is 12.1. The van der Waals surface area contributed by atoms with Crippen LogP contribution in [-0.2, 0) is 6.42 Å². The van der Waals surface area contributed by atoms with Crippen molar-refractivity contribution in [1.82, 2.24) is 0 Å². The minimum atomic E-state index is -0.176. The summed E-state index contributed by atoms with van der Waals surface area (Å²) >= 11 is 0. The first-order chi connectivity index (χ1) is 10.1. The molecule has 110 valence electrons. The summed E-state index contributed by atoms with van der Waals surface area (Å²) in [6, 6.07) is 12.9. The topological polar surface area (TPSA) is 75.4 Å². The van der Waals surface area contributed by atoms with Gasteiger partial charge in [0, 0.05) is 23.5 Å². The van der Waals surface area contributed by atoms with Crippen molar-refractivity contribution in [2.75, 3.05) is 17.7 Å². The molecule has 0 atom stereocenters. The van der Waals surface area contributed by atoms with E-state index < -0.39 is 0 Å². The highest BCUT2D eigenvalue weighted by molar-refractivity contribution is 6.04. The highest BCUT2D eigenvalue weighted by atomic mass is 16.2. The Morgan fingerprint density at radius 1 is 1.24 bits per heavy atom. The van der Waals surface area contributed by atoms with Crippen LogP contribution < -0.4 is 11.1 Å². The lowest BCUT2D eigenvalue weighted by Gasteiger charge is -2.08. The highest BCUT2D eigenvalue weighted by Gasteiger charge is 2.07. The normalized spacial score (nSPS) is 10.4. The van der Waals surface area contributed by atoms with E-state index in [1.807, 2.05) is 37.3 Å². The summed E-state index contributed by atoms with van der Waals surface area (Å²) in [6.07, 6.45) is 1.50. The standard InChI is InChI=1S/C17H20N2O2/c1-12-8-14(11-15(18)9-12)17(21)19-16-6-2-4-13(10-16)5-3-7-20/h2,4,6,8-11,20H,3,5,7,18H2,1H3,(H,19,21). The third-order valence-electron chi connectivity index (χ3n) is 3.17. The summed E-state index contributed by atoms with van der Waals surface area (Å²) in [5, 5.41) is 11.7. The number of aliphatic hydroxyl groups is 1. The summed E-state index contributed by atoms with van der Waals surface area (Å²) < 4.78 is 0. The average Bonchev–Trinajstić information content (AvgIpc) is 2.44. The maximum Gasteiger partial charge on any atom is 0.255 e. The van der Waals surface area contributed by atoms with Gasteiger partial charge in [0.1, 0.15) is 0 Å². The smallest absolute Gasteiger partial charge is 0.255 e. The third kappa shape index (κ3) is 4.33. The number of nitrogens with two attached hydrogens (primary N) is 1. The van der Waals surface area contributed by atoms with E-state index in [1.165, 1.54) is 0 Å². The van der Waals surface area contributed by atoms with Gasteiger partial charge in [-0.15, -0.1) is 0 Å². The van der Waals surface area contributed by atoms with Crippen LogP contribution >= 0.6 is 0 Å². The molecule has 2 rings (SSSR count). The molecule has 0 aliphatic heterocycles. The number of benzene rings is 2. The minimum Gasteiger partial charge on any atom is -0.399 e. The van der Waals surface area contributed by atoms with Crippen molar-refractivity contribution in [3.05, 3.63) is 59.2 Å². The van der Waals surface area contributed by atoms with Crippen LogP contribution in [-0.4, -0.2) is 17.6 Å². The molecule has 0 heterocycles. The molecule has 0 saturated heterocycles. The number of aliphatic hydroxyl groups excluding tert-OH is 1. The van der Waals surface area contributed by atoms with E-state index in [2.05, 4.69) is 5.32 Å². The lowest BCUT2D eigenvalue weighted by atomic mass is 10.1. The van der Waals surface area contributed by atoms with E-state index in [4.69, 9.17) is 10.8 Å². The number of amides is 1. The maximum absolute atomic E-state index is 12.2. The first kappa shape index (κ1) is 15.1. The van der Waals surface area contributed by atoms with E-state index in [-0.39, 0.29) is 12.5 Å². The van der Waals surface area contributed by atoms with E-state index in [1.54, 1.807) is 12.1 Å². The highest BCUT2D eigenvalue weighted by Crippen LogP contribution is 2.16. The SMILES string of the molecule is Cc1cc(N)cc(C(=O)Nc2cccc(CCCO)c2)c1. The summed E-state index contributed by atoms with van der Waals surface area (Å²) in [4.78, 5) is 12.2. The number of nitrogens with one attached hydrogen (secondary N) is 1. The van der Waals surface area contributed by atoms with Crippen LogP contribution in [0, 0.1) is 6.92 Å². The molecule has 0 aromatic heterocycles. The Kier molecular flexibility index (Phi) is 4.95. The molecule has 0 aliphatic rings. The van der Waals surface area contributed by atoms with Crippen molar-refractivity contribution in [3.8, 4) is 0 Å². The molecule has 0 fully saturated rings. The van der Waals surface area contributed by atoms with Crippen molar-refractivity contribution in [1.29, 1.82) is 0 Å². The molecule has 0 aliphatic carbocycles. The maximum atomic E-state index is 12.2. The molecule has 1 amide bonds. The molecular formula is C17H20N2O2. The molecule has 0 unspecified atom stereocenters. The van der Waals surface area contributed by atoms with Crippen molar-refractivity contribution in [2.45, 2.75) is 19.8 Å². The number of carbonyl (C=O) groups is 1. The zero-order valence-electron chi connectivity index (χ0n) is 12.1. The fourth-order valence-corrected chi connectivity index (χ4v) is 2.23. The van der Waals surface area contributed by atoms with Crippen molar-refractivity contribution in [2.24, 2.45) is 0 Å². The molecule has 0 spiro atoms. The Labute approximate surface area is 124 Å². The van der Waals surface area contributed by atoms with Gasteiger partial charge in [-0.25, -0.2) is 0 Å². The molecule has 0 radical (unpaired) electrons. The second-order valence-electron chi connectivity index (χ2n) is 5.11. The molecule has 21 heavy (non-hydrogen) atoms. The summed E-state index contributed by atoms with van der Waals surface area (Å²) in [6.45, 7) is 2.07. The minimum absolute atomic E-state index is 0.166. The van der Waals surface area contributed by atoms with Crippen LogP contribution in [0.4, 0.5) is 11.4 Å². The Balaban J connectivity index is 2.11. The predicted octanol–water partition coefficient (Wildman–Crippen LogP) is 2.75. The van der Waals surface area contributed by atoms with Crippen LogP contribution in [0.2, 0.25) is 0 Å². The van der Waals surface area contributed by atoms with Crippen LogP contribution in [0.25, 0.3) is 0 Å². The number of hydrogen-bond donors (Lipinski definition) is 3. The third-order valence-corrected chi connectivity index (χ3v) is 3.17. The second kappa shape index (κ2) is 6.90. The molecule has 4 heteroatoms. The van der Waals surface area contributed by atoms with Gasteiger partial charge >= 0.3 is 0 Å². The van der Waals surface area contributed by atoms with Gasteiger partial charge < -0.3 is 16.2 Å². The van der Waals surface area contributed by atoms with Crippen molar-refractivity contribution in [3.63, 3.8) is 0 Å². The van der Waals surface area contributed by atoms with E-state index in [0.717, 1.165) is 23.2 Å². The molecular weight excluding hydrogens is 264 g/mol. The van der Waals surface area contributed by atoms with Gasteiger partial charge in [-0.05, 0) is 61.2 Å².